The van der Waals surface area contributed by atoms with Gasteiger partial charge in [-0.05, 0) is 36.0 Å². The third-order valence-electron chi connectivity index (χ3n) is 4.03. The topological polar surface area (TPSA) is 90.2 Å². The Morgan fingerprint density at radius 2 is 1.81 bits per heavy atom. The number of pyridine rings is 1. The summed E-state index contributed by atoms with van der Waals surface area (Å²) >= 11 is 2.60. The van der Waals surface area contributed by atoms with E-state index in [-0.39, 0.29) is 0 Å². The monoisotopic (exact) mass is 450 g/mol. The predicted octanol–water partition coefficient (Wildman–Crippen LogP) is 4.31. The Balaban J connectivity index is 2.22. The van der Waals surface area contributed by atoms with Crippen LogP contribution < -0.4 is 14.2 Å². The van der Waals surface area contributed by atoms with Crippen LogP contribution in [0.2, 0.25) is 0 Å². The van der Waals surface area contributed by atoms with Gasteiger partial charge in [0.2, 0.25) is 5.75 Å². The Morgan fingerprint density at radius 3 is 2.35 bits per heavy atom. The fourth-order valence-electron chi connectivity index (χ4n) is 2.70. The molecular weight excluding hydrogens is 432 g/mol. The number of hydrogen-bond acceptors (Lipinski definition) is 9. The minimum Gasteiger partial charge on any atom is -0.493 e. The number of aromatic nitrogens is 3. The van der Waals surface area contributed by atoms with Crippen LogP contribution >= 0.6 is 23.5 Å². The molecule has 9 heteroatoms. The first-order chi connectivity index (χ1) is 15.1. The molecule has 1 aromatic carbocycles. The predicted molar refractivity (Wildman–Crippen MR) is 120 cm³/mol. The fraction of sp³-hybridized carbons (Fsp3) is 0.182. The van der Waals surface area contributed by atoms with E-state index in [0.29, 0.717) is 55.0 Å². The van der Waals surface area contributed by atoms with E-state index < -0.39 is 0 Å². The molecule has 0 aliphatic heterocycles. The number of thioether (sulfide) groups is 1. The van der Waals surface area contributed by atoms with Gasteiger partial charge < -0.3 is 14.2 Å². The molecule has 31 heavy (non-hydrogen) atoms. The third kappa shape index (κ3) is 5.02. The number of rotatable bonds is 8. The van der Waals surface area contributed by atoms with E-state index in [4.69, 9.17) is 20.6 Å². The van der Waals surface area contributed by atoms with Crippen LogP contribution in [0.4, 0.5) is 0 Å². The van der Waals surface area contributed by atoms with Crippen LogP contribution in [0.5, 0.6) is 17.2 Å². The number of terminal acetylenes is 1. The highest BCUT2D eigenvalue weighted by atomic mass is 32.2. The highest BCUT2D eigenvalue weighted by molar-refractivity contribution is 8.00. The third-order valence-corrected chi connectivity index (χ3v) is 5.72. The summed E-state index contributed by atoms with van der Waals surface area (Å²) in [6.07, 6.45) is 7.09. The average molecular weight is 451 g/mol. The molecule has 0 N–H and O–H groups in total. The minimum absolute atomic E-state index is 0.315. The lowest BCUT2D eigenvalue weighted by atomic mass is 10.1. The molecule has 0 amide bonds. The smallest absolute Gasteiger partial charge is 0.203 e. The molecular formula is C22H18N4O3S2. The zero-order valence-electron chi connectivity index (χ0n) is 17.1. The van der Waals surface area contributed by atoms with Crippen molar-refractivity contribution in [1.29, 1.82) is 5.26 Å². The molecule has 2 heterocycles. The lowest BCUT2D eigenvalue weighted by Gasteiger charge is -2.15. The highest BCUT2D eigenvalue weighted by Gasteiger charge is 2.21. The maximum atomic E-state index is 9.97. The lowest BCUT2D eigenvalue weighted by Crippen LogP contribution is -2.01. The largest absolute Gasteiger partial charge is 0.493 e. The number of benzene rings is 1. The van der Waals surface area contributed by atoms with Gasteiger partial charge in [0.05, 0.1) is 32.8 Å². The first-order valence-electron chi connectivity index (χ1n) is 8.92. The van der Waals surface area contributed by atoms with Crippen LogP contribution in [0.3, 0.4) is 0 Å². The van der Waals surface area contributed by atoms with Gasteiger partial charge in [-0.15, -0.1) is 6.42 Å². The summed E-state index contributed by atoms with van der Waals surface area (Å²) < 4.78 is 16.3. The summed E-state index contributed by atoms with van der Waals surface area (Å²) in [5.74, 6) is 4.32. The highest BCUT2D eigenvalue weighted by Crippen LogP contribution is 2.42. The quantitative estimate of drug-likeness (QED) is 0.215. The van der Waals surface area contributed by atoms with Gasteiger partial charge in [-0.2, -0.15) is 5.26 Å². The Labute approximate surface area is 189 Å². The maximum Gasteiger partial charge on any atom is 0.203 e. The first kappa shape index (κ1) is 22.3. The van der Waals surface area contributed by atoms with Gasteiger partial charge in [0.25, 0.3) is 0 Å². The molecule has 0 spiro atoms. The minimum atomic E-state index is 0.315. The van der Waals surface area contributed by atoms with Gasteiger partial charge in [0.15, 0.2) is 16.7 Å². The number of ether oxygens (including phenoxy) is 3. The van der Waals surface area contributed by atoms with Crippen LogP contribution in [-0.2, 0) is 0 Å². The maximum absolute atomic E-state index is 9.97. The molecule has 3 aromatic rings. The van der Waals surface area contributed by atoms with E-state index in [1.165, 1.54) is 44.9 Å². The lowest BCUT2D eigenvalue weighted by molar-refractivity contribution is 0.324. The normalized spacial score (nSPS) is 10.1. The Bertz CT molecular complexity index is 1130. The van der Waals surface area contributed by atoms with Crippen molar-refractivity contribution in [1.82, 2.24) is 15.0 Å². The molecule has 3 rings (SSSR count). The molecule has 0 fully saturated rings. The Kier molecular flexibility index (Phi) is 7.60. The van der Waals surface area contributed by atoms with Crippen molar-refractivity contribution in [2.75, 3.05) is 27.1 Å². The second-order valence-electron chi connectivity index (χ2n) is 5.82. The molecule has 156 valence electrons. The number of nitrogens with zero attached hydrogens (tertiary/aromatic N) is 4. The second kappa shape index (κ2) is 10.6. The van der Waals surface area contributed by atoms with Crippen LogP contribution in [-0.4, -0.2) is 42.0 Å². The van der Waals surface area contributed by atoms with Gasteiger partial charge in [-0.25, -0.2) is 15.0 Å². The van der Waals surface area contributed by atoms with Crippen molar-refractivity contribution in [3.05, 3.63) is 42.1 Å². The van der Waals surface area contributed by atoms with Crippen LogP contribution in [0, 0.1) is 23.7 Å². The summed E-state index contributed by atoms with van der Waals surface area (Å²) in [4.78, 5) is 13.5. The van der Waals surface area contributed by atoms with E-state index >= 15 is 0 Å². The van der Waals surface area contributed by atoms with Gasteiger partial charge in [0.1, 0.15) is 21.7 Å². The molecule has 0 atom stereocenters. The number of hydrogen-bond donors (Lipinski definition) is 0. The van der Waals surface area contributed by atoms with Gasteiger partial charge in [0, 0.05) is 11.8 Å². The molecule has 2 aromatic heterocycles. The molecule has 0 radical (unpaired) electrons. The molecule has 7 nitrogen and oxygen atoms in total. The van der Waals surface area contributed by atoms with E-state index in [1.54, 1.807) is 18.3 Å². The first-order valence-corrected chi connectivity index (χ1v) is 10.7. The average Bonchev–Trinajstić information content (AvgIpc) is 2.82. The number of nitriles is 1. The number of methoxy groups -OCH3 is 3. The van der Waals surface area contributed by atoms with Crippen LogP contribution in [0.25, 0.3) is 11.3 Å². The van der Waals surface area contributed by atoms with Crippen molar-refractivity contribution in [2.45, 2.75) is 15.2 Å². The standard InChI is InChI=1S/C22H18N4O3S2/c1-5-10-30-22-25-19(14-11-16(27-2)20(29-4)17(12-14)28-3)15(13-23)21(26-22)31-18-8-6-7-9-24-18/h1,6-9,11-12H,10H2,2-4H3. The van der Waals surface area contributed by atoms with Crippen LogP contribution in [0.15, 0.2) is 51.7 Å². The molecule has 0 bridgehead atoms. The molecule has 0 saturated carbocycles. The van der Waals surface area contributed by atoms with Crippen molar-refractivity contribution in [3.63, 3.8) is 0 Å². The molecule has 0 aliphatic carbocycles. The van der Waals surface area contributed by atoms with E-state index in [2.05, 4.69) is 26.9 Å². The summed E-state index contributed by atoms with van der Waals surface area (Å²) in [5, 5.41) is 11.6. The van der Waals surface area contributed by atoms with Crippen molar-refractivity contribution in [2.24, 2.45) is 0 Å². The second-order valence-corrected chi connectivity index (χ2v) is 7.78. The summed E-state index contributed by atoms with van der Waals surface area (Å²) in [6.45, 7) is 0. The van der Waals surface area contributed by atoms with Gasteiger partial charge in [-0.3, -0.25) is 0 Å². The van der Waals surface area contributed by atoms with Gasteiger partial charge >= 0.3 is 0 Å². The molecule has 0 saturated heterocycles. The van der Waals surface area contributed by atoms with E-state index in [9.17, 15) is 5.26 Å². The van der Waals surface area contributed by atoms with E-state index in [0.717, 1.165) is 0 Å². The SMILES string of the molecule is C#CCSc1nc(Sc2ccccn2)c(C#N)c(-c2cc(OC)c(OC)c(OC)c2)n1. The molecule has 0 unspecified atom stereocenters. The van der Waals surface area contributed by atoms with Crippen molar-refractivity contribution in [3.8, 4) is 46.9 Å². The van der Waals surface area contributed by atoms with Crippen molar-refractivity contribution < 1.29 is 14.2 Å². The van der Waals surface area contributed by atoms with Gasteiger partial charge in [-0.1, -0.05) is 23.7 Å². The summed E-state index contributed by atoms with van der Waals surface area (Å²) in [7, 11) is 4.59. The fourth-order valence-corrected chi connectivity index (χ4v) is 4.12. The Morgan fingerprint density at radius 1 is 1.06 bits per heavy atom. The summed E-state index contributed by atoms with van der Waals surface area (Å²) in [5.41, 5.74) is 1.38. The zero-order valence-corrected chi connectivity index (χ0v) is 18.7. The Hall–Kier alpha value is -3.40. The zero-order chi connectivity index (χ0) is 22.2. The molecule has 0 aliphatic rings. The van der Waals surface area contributed by atoms with Crippen molar-refractivity contribution >= 4 is 23.5 Å². The summed E-state index contributed by atoms with van der Waals surface area (Å²) in [6, 6.07) is 11.3. The van der Waals surface area contributed by atoms with Crippen LogP contribution in [0.1, 0.15) is 5.56 Å². The van der Waals surface area contributed by atoms with E-state index in [1.807, 2.05) is 18.2 Å².